The molecule has 2 aliphatic rings. The van der Waals surface area contributed by atoms with E-state index in [0.717, 1.165) is 44.1 Å². The molecule has 0 spiro atoms. The zero-order chi connectivity index (χ0) is 15.0. The quantitative estimate of drug-likeness (QED) is 0.800. The fourth-order valence-corrected chi connectivity index (χ4v) is 4.88. The molecule has 0 aliphatic carbocycles. The molecule has 8 heteroatoms. The number of hydrogen-bond donors (Lipinski definition) is 1. The maximum Gasteiger partial charge on any atom is 0.222 e. The molecule has 2 aliphatic heterocycles. The maximum atomic E-state index is 11.6. The fraction of sp³-hybridized carbons (Fsp3) is 0.692. The van der Waals surface area contributed by atoms with E-state index in [-0.39, 0.29) is 6.04 Å². The minimum absolute atomic E-state index is 0.189. The molecule has 1 atom stereocenters. The molecular formula is C13H21N5O2S. The van der Waals surface area contributed by atoms with Crippen molar-refractivity contribution in [3.05, 3.63) is 11.8 Å². The Morgan fingerprint density at radius 3 is 2.52 bits per heavy atom. The summed E-state index contributed by atoms with van der Waals surface area (Å²) in [5.74, 6) is 1.81. The Hall–Kier alpha value is -1.41. The lowest BCUT2D eigenvalue weighted by molar-refractivity contribution is 0.200. The summed E-state index contributed by atoms with van der Waals surface area (Å²) in [6, 6.07) is 2.13. The average molecular weight is 311 g/mol. The molecule has 2 saturated heterocycles. The molecule has 3 heterocycles. The van der Waals surface area contributed by atoms with Crippen molar-refractivity contribution in [2.75, 3.05) is 48.3 Å². The number of hydrogen-bond acceptors (Lipinski definition) is 7. The van der Waals surface area contributed by atoms with E-state index in [1.54, 1.807) is 0 Å². The van der Waals surface area contributed by atoms with Crippen LogP contribution in [-0.2, 0) is 9.84 Å². The third-order valence-electron chi connectivity index (χ3n) is 4.22. The van der Waals surface area contributed by atoms with Crippen LogP contribution < -0.4 is 10.6 Å². The van der Waals surface area contributed by atoms with Gasteiger partial charge in [0, 0.05) is 44.0 Å². The summed E-state index contributed by atoms with van der Waals surface area (Å²) in [6.45, 7) is 5.31. The smallest absolute Gasteiger partial charge is 0.222 e. The van der Waals surface area contributed by atoms with Crippen LogP contribution in [0.3, 0.4) is 0 Å². The van der Waals surface area contributed by atoms with Gasteiger partial charge in [-0.25, -0.2) is 13.4 Å². The van der Waals surface area contributed by atoms with Crippen LogP contribution >= 0.6 is 0 Å². The zero-order valence-corrected chi connectivity index (χ0v) is 13.0. The fourth-order valence-electron chi connectivity index (χ4n) is 3.12. The monoisotopic (exact) mass is 311 g/mol. The van der Waals surface area contributed by atoms with E-state index >= 15 is 0 Å². The van der Waals surface area contributed by atoms with E-state index in [2.05, 4.69) is 19.8 Å². The van der Waals surface area contributed by atoms with Gasteiger partial charge in [-0.1, -0.05) is 0 Å². The van der Waals surface area contributed by atoms with Gasteiger partial charge in [-0.2, -0.15) is 4.98 Å². The van der Waals surface area contributed by atoms with E-state index in [9.17, 15) is 8.42 Å². The van der Waals surface area contributed by atoms with Gasteiger partial charge in [0.2, 0.25) is 5.95 Å². The van der Waals surface area contributed by atoms with Gasteiger partial charge in [0.05, 0.1) is 11.5 Å². The Kier molecular flexibility index (Phi) is 3.75. The molecule has 1 aromatic heterocycles. The predicted molar refractivity (Wildman–Crippen MR) is 82.0 cm³/mol. The van der Waals surface area contributed by atoms with Gasteiger partial charge in [-0.15, -0.1) is 0 Å². The first kappa shape index (κ1) is 14.5. The lowest BCUT2D eigenvalue weighted by atomic mass is 10.2. The first-order valence-corrected chi connectivity index (χ1v) is 9.06. The normalized spacial score (nSPS) is 26.1. The molecule has 0 unspecified atom stereocenters. The summed E-state index contributed by atoms with van der Waals surface area (Å²) in [7, 11) is -2.81. The molecule has 0 bridgehead atoms. The molecule has 0 radical (unpaired) electrons. The Morgan fingerprint density at radius 2 is 1.95 bits per heavy atom. The Labute approximate surface area is 125 Å². The second kappa shape index (κ2) is 5.42. The lowest BCUT2D eigenvalue weighted by Crippen LogP contribution is -2.51. The number of nitrogen functional groups attached to an aromatic ring is 1. The largest absolute Gasteiger partial charge is 0.368 e. The molecule has 2 N–H and O–H groups in total. The average Bonchev–Trinajstić information content (AvgIpc) is 2.78. The molecule has 3 rings (SSSR count). The van der Waals surface area contributed by atoms with Crippen LogP contribution in [0.5, 0.6) is 0 Å². The summed E-state index contributed by atoms with van der Waals surface area (Å²) in [5, 5.41) is 0. The number of nitrogens with two attached hydrogens (primary N) is 1. The minimum atomic E-state index is -2.81. The number of anilines is 2. The van der Waals surface area contributed by atoms with Crippen molar-refractivity contribution < 1.29 is 8.42 Å². The molecule has 0 aromatic carbocycles. The van der Waals surface area contributed by atoms with Crippen LogP contribution in [0.1, 0.15) is 12.1 Å². The summed E-state index contributed by atoms with van der Waals surface area (Å²) < 4.78 is 23.2. The van der Waals surface area contributed by atoms with Gasteiger partial charge < -0.3 is 10.6 Å². The van der Waals surface area contributed by atoms with Gasteiger partial charge in [0.25, 0.3) is 0 Å². The van der Waals surface area contributed by atoms with Crippen LogP contribution in [0, 0.1) is 6.92 Å². The number of nitrogens with zero attached hydrogens (tertiary/aromatic N) is 4. The molecule has 116 valence electrons. The van der Waals surface area contributed by atoms with E-state index in [1.165, 1.54) is 0 Å². The third-order valence-corrected chi connectivity index (χ3v) is 5.97. The molecule has 1 aromatic rings. The van der Waals surface area contributed by atoms with Gasteiger partial charge in [-0.3, -0.25) is 4.90 Å². The molecule has 7 nitrogen and oxygen atoms in total. The van der Waals surface area contributed by atoms with Crippen molar-refractivity contribution in [2.24, 2.45) is 0 Å². The first-order valence-electron chi connectivity index (χ1n) is 7.23. The Balaban J connectivity index is 1.63. The second-order valence-corrected chi connectivity index (χ2v) is 8.03. The Morgan fingerprint density at radius 1 is 1.24 bits per heavy atom. The van der Waals surface area contributed by atoms with Gasteiger partial charge in [-0.05, 0) is 13.3 Å². The highest BCUT2D eigenvalue weighted by atomic mass is 32.2. The number of rotatable bonds is 2. The van der Waals surface area contributed by atoms with Crippen LogP contribution in [-0.4, -0.2) is 67.0 Å². The maximum absolute atomic E-state index is 11.6. The van der Waals surface area contributed by atoms with E-state index in [0.29, 0.717) is 17.5 Å². The highest BCUT2D eigenvalue weighted by Gasteiger charge is 2.33. The highest BCUT2D eigenvalue weighted by Crippen LogP contribution is 2.21. The van der Waals surface area contributed by atoms with Crippen LogP contribution in [0.25, 0.3) is 0 Å². The predicted octanol–water partition coefficient (Wildman–Crippen LogP) is -0.324. The van der Waals surface area contributed by atoms with Crippen LogP contribution in [0.4, 0.5) is 11.8 Å². The summed E-state index contributed by atoms with van der Waals surface area (Å²) in [4.78, 5) is 12.8. The first-order chi connectivity index (χ1) is 9.93. The number of sulfone groups is 1. The molecule has 0 saturated carbocycles. The van der Waals surface area contributed by atoms with Crippen molar-refractivity contribution in [2.45, 2.75) is 19.4 Å². The molecular weight excluding hydrogens is 290 g/mol. The van der Waals surface area contributed by atoms with Crippen LogP contribution in [0.2, 0.25) is 0 Å². The number of aromatic nitrogens is 2. The van der Waals surface area contributed by atoms with E-state index in [4.69, 9.17) is 5.73 Å². The van der Waals surface area contributed by atoms with E-state index < -0.39 is 9.84 Å². The third kappa shape index (κ3) is 3.26. The zero-order valence-electron chi connectivity index (χ0n) is 12.2. The van der Waals surface area contributed by atoms with Crippen molar-refractivity contribution in [1.82, 2.24) is 14.9 Å². The van der Waals surface area contributed by atoms with Crippen molar-refractivity contribution >= 4 is 21.6 Å². The Bertz CT molecular complexity index is 605. The number of aryl methyl sites for hydroxylation is 1. The summed E-state index contributed by atoms with van der Waals surface area (Å²) in [5.41, 5.74) is 6.56. The summed E-state index contributed by atoms with van der Waals surface area (Å²) in [6.07, 6.45) is 0.766. The van der Waals surface area contributed by atoms with Crippen LogP contribution in [0.15, 0.2) is 6.07 Å². The van der Waals surface area contributed by atoms with Gasteiger partial charge in [0.1, 0.15) is 5.82 Å². The minimum Gasteiger partial charge on any atom is -0.368 e. The number of piperazine rings is 1. The second-order valence-electron chi connectivity index (χ2n) is 5.81. The molecule has 21 heavy (non-hydrogen) atoms. The van der Waals surface area contributed by atoms with Crippen molar-refractivity contribution in [1.29, 1.82) is 0 Å². The van der Waals surface area contributed by atoms with Gasteiger partial charge in [0.15, 0.2) is 9.84 Å². The SMILES string of the molecule is Cc1cc(N2CCN([C@@H]3CCS(=O)(=O)C3)CC2)nc(N)n1. The highest BCUT2D eigenvalue weighted by molar-refractivity contribution is 7.91. The van der Waals surface area contributed by atoms with Crippen molar-refractivity contribution in [3.63, 3.8) is 0 Å². The van der Waals surface area contributed by atoms with E-state index in [1.807, 2.05) is 13.0 Å². The van der Waals surface area contributed by atoms with Crippen molar-refractivity contribution in [3.8, 4) is 0 Å². The standard InChI is InChI=1S/C13H21N5O2S/c1-10-8-12(16-13(14)15-10)18-5-3-17(4-6-18)11-2-7-21(19,20)9-11/h8,11H,2-7,9H2,1H3,(H2,14,15,16)/t11-/m1/s1. The van der Waals surface area contributed by atoms with Gasteiger partial charge >= 0.3 is 0 Å². The summed E-state index contributed by atoms with van der Waals surface area (Å²) >= 11 is 0. The molecule has 0 amide bonds. The lowest BCUT2D eigenvalue weighted by Gasteiger charge is -2.38. The molecule has 2 fully saturated rings. The topological polar surface area (TPSA) is 92.4 Å².